The molecule has 2 aromatic carbocycles. The number of halogens is 1. The fourth-order valence-corrected chi connectivity index (χ4v) is 2.36. The molecular weight excluding hydrogens is 298 g/mol. The Morgan fingerprint density at radius 3 is 2.05 bits per heavy atom. The highest BCUT2D eigenvalue weighted by molar-refractivity contribution is 6.30. The monoisotopic (exact) mass is 316 g/mol. The topological polar surface area (TPSA) is 38.3 Å². The van der Waals surface area contributed by atoms with Crippen LogP contribution in [-0.2, 0) is 0 Å². The molecule has 0 fully saturated rings. The molecule has 3 nitrogen and oxygen atoms in total. The molecule has 0 saturated heterocycles. The van der Waals surface area contributed by atoms with E-state index in [0.29, 0.717) is 12.3 Å². The molecule has 1 radical (unpaired) electrons. The van der Waals surface area contributed by atoms with Gasteiger partial charge in [0.05, 0.1) is 0 Å². The Kier molecular flexibility index (Phi) is 5.84. The van der Waals surface area contributed by atoms with Crippen LogP contribution >= 0.6 is 11.6 Å². The molecule has 0 saturated carbocycles. The van der Waals surface area contributed by atoms with Crippen molar-refractivity contribution >= 4 is 17.7 Å². The van der Waals surface area contributed by atoms with E-state index < -0.39 is 6.09 Å². The second kappa shape index (κ2) is 7.85. The van der Waals surface area contributed by atoms with Crippen LogP contribution in [0, 0.1) is 5.92 Å². The number of amides is 1. The fourth-order valence-electron chi connectivity index (χ4n) is 2.24. The van der Waals surface area contributed by atoms with Gasteiger partial charge in [-0.3, -0.25) is 0 Å². The summed E-state index contributed by atoms with van der Waals surface area (Å²) < 4.78 is 5.17. The lowest BCUT2D eigenvalue weighted by molar-refractivity contribution is 0.201. The third-order valence-electron chi connectivity index (χ3n) is 3.28. The molecule has 0 aromatic heterocycles. The predicted octanol–water partition coefficient (Wildman–Crippen LogP) is 4.83. The molecule has 2 rings (SSSR count). The zero-order valence-electron chi connectivity index (χ0n) is 12.7. The van der Waals surface area contributed by atoms with E-state index in [4.69, 9.17) is 16.3 Å². The molecule has 0 unspecified atom stereocenters. The number of carbonyl (C=O) groups excluding carboxylic acids is 1. The van der Waals surface area contributed by atoms with Crippen molar-refractivity contribution in [1.29, 1.82) is 0 Å². The Labute approximate surface area is 136 Å². The maximum atomic E-state index is 11.4. The van der Waals surface area contributed by atoms with Gasteiger partial charge in [-0.25, -0.2) is 4.79 Å². The van der Waals surface area contributed by atoms with Crippen LogP contribution in [0.4, 0.5) is 4.79 Å². The van der Waals surface area contributed by atoms with E-state index in [-0.39, 0.29) is 0 Å². The van der Waals surface area contributed by atoms with Gasteiger partial charge in [0, 0.05) is 17.5 Å². The number of nitrogens with one attached hydrogen (secondary N) is 1. The summed E-state index contributed by atoms with van der Waals surface area (Å²) in [4.78, 5) is 11.4. The summed E-state index contributed by atoms with van der Waals surface area (Å²) in [6.45, 7) is 4.50. The minimum atomic E-state index is -0.437. The van der Waals surface area contributed by atoms with E-state index >= 15 is 0 Å². The van der Waals surface area contributed by atoms with Crippen molar-refractivity contribution in [2.45, 2.75) is 20.3 Å². The standard InChI is InChI=1S/C18H19ClNO2/c1-3-17(13-5-9-15(19)10-6-13)14-7-11-16(12-8-14)22-18(21)20-4-2/h5-12H,3-4H2,1-2H3,(H,20,21). The van der Waals surface area contributed by atoms with Crippen LogP contribution < -0.4 is 10.1 Å². The summed E-state index contributed by atoms with van der Waals surface area (Å²) in [5.74, 6) is 1.75. The Morgan fingerprint density at radius 1 is 1.00 bits per heavy atom. The normalized spacial score (nSPS) is 10.5. The zero-order valence-corrected chi connectivity index (χ0v) is 13.5. The lowest BCUT2D eigenvalue weighted by Crippen LogP contribution is -2.26. The molecule has 22 heavy (non-hydrogen) atoms. The van der Waals surface area contributed by atoms with Gasteiger partial charge in [0.25, 0.3) is 0 Å². The number of ether oxygens (including phenoxy) is 1. The van der Waals surface area contributed by atoms with Gasteiger partial charge in [0.15, 0.2) is 0 Å². The van der Waals surface area contributed by atoms with Crippen LogP contribution in [-0.4, -0.2) is 12.6 Å². The second-order valence-electron chi connectivity index (χ2n) is 4.78. The lowest BCUT2D eigenvalue weighted by atomic mass is 9.89. The van der Waals surface area contributed by atoms with Crippen molar-refractivity contribution in [2.75, 3.05) is 6.54 Å². The second-order valence-corrected chi connectivity index (χ2v) is 5.22. The molecule has 0 aliphatic carbocycles. The van der Waals surface area contributed by atoms with Gasteiger partial charge in [0.2, 0.25) is 0 Å². The highest BCUT2D eigenvalue weighted by Gasteiger charge is 2.13. The zero-order chi connectivity index (χ0) is 15.9. The van der Waals surface area contributed by atoms with E-state index in [1.165, 1.54) is 5.92 Å². The minimum absolute atomic E-state index is 0.437. The maximum Gasteiger partial charge on any atom is 0.412 e. The Morgan fingerprint density at radius 2 is 1.55 bits per heavy atom. The number of rotatable bonds is 5. The summed E-state index contributed by atoms with van der Waals surface area (Å²) in [5, 5.41) is 3.32. The highest BCUT2D eigenvalue weighted by atomic mass is 35.5. The molecule has 4 heteroatoms. The molecule has 0 aliphatic heterocycles. The number of hydrogen-bond acceptors (Lipinski definition) is 2. The van der Waals surface area contributed by atoms with Crippen LogP contribution in [0.5, 0.6) is 5.75 Å². The summed E-state index contributed by atoms with van der Waals surface area (Å²) in [6, 6.07) is 15.3. The smallest absolute Gasteiger partial charge is 0.410 e. The molecule has 2 aromatic rings. The van der Waals surface area contributed by atoms with Gasteiger partial charge >= 0.3 is 6.09 Å². The quantitative estimate of drug-likeness (QED) is 0.858. The van der Waals surface area contributed by atoms with Crippen LogP contribution in [0.1, 0.15) is 31.4 Å². The van der Waals surface area contributed by atoms with E-state index in [0.717, 1.165) is 22.6 Å². The van der Waals surface area contributed by atoms with E-state index in [1.807, 2.05) is 43.3 Å². The summed E-state index contributed by atoms with van der Waals surface area (Å²) in [6.07, 6.45) is 0.464. The lowest BCUT2D eigenvalue weighted by Gasteiger charge is -2.15. The Balaban J connectivity index is 2.13. The van der Waals surface area contributed by atoms with Gasteiger partial charge in [0.1, 0.15) is 5.75 Å². The molecule has 0 heterocycles. The first kappa shape index (κ1) is 16.4. The van der Waals surface area contributed by atoms with E-state index in [9.17, 15) is 4.79 Å². The third kappa shape index (κ3) is 4.25. The van der Waals surface area contributed by atoms with E-state index in [2.05, 4.69) is 12.2 Å². The molecule has 115 valence electrons. The van der Waals surface area contributed by atoms with Crippen molar-refractivity contribution < 1.29 is 9.53 Å². The first-order valence-corrected chi connectivity index (χ1v) is 7.69. The van der Waals surface area contributed by atoms with Crippen molar-refractivity contribution in [3.63, 3.8) is 0 Å². The fraction of sp³-hybridized carbons (Fsp3) is 0.222. The van der Waals surface area contributed by atoms with Crippen molar-refractivity contribution in [2.24, 2.45) is 0 Å². The highest BCUT2D eigenvalue weighted by Crippen LogP contribution is 2.29. The van der Waals surface area contributed by atoms with Crippen LogP contribution in [0.25, 0.3) is 0 Å². The molecule has 1 N–H and O–H groups in total. The molecule has 0 atom stereocenters. The molecule has 0 aliphatic rings. The summed E-state index contributed by atoms with van der Waals surface area (Å²) >= 11 is 5.94. The van der Waals surface area contributed by atoms with Gasteiger partial charge in [-0.2, -0.15) is 0 Å². The van der Waals surface area contributed by atoms with Crippen molar-refractivity contribution in [3.05, 3.63) is 70.6 Å². The van der Waals surface area contributed by atoms with Gasteiger partial charge in [-0.15, -0.1) is 0 Å². The van der Waals surface area contributed by atoms with E-state index in [1.54, 1.807) is 12.1 Å². The predicted molar refractivity (Wildman–Crippen MR) is 89.3 cm³/mol. The largest absolute Gasteiger partial charge is 0.412 e. The Bertz CT molecular complexity index is 608. The van der Waals surface area contributed by atoms with Crippen molar-refractivity contribution in [3.8, 4) is 5.75 Å². The number of carbonyl (C=O) groups is 1. The summed E-state index contributed by atoms with van der Waals surface area (Å²) in [7, 11) is 0. The molecule has 0 bridgehead atoms. The van der Waals surface area contributed by atoms with Crippen LogP contribution in [0.2, 0.25) is 5.02 Å². The molecule has 1 amide bonds. The maximum absolute atomic E-state index is 11.4. The van der Waals surface area contributed by atoms with Crippen LogP contribution in [0.3, 0.4) is 0 Å². The molecular formula is C18H19ClNO2. The third-order valence-corrected chi connectivity index (χ3v) is 3.53. The first-order chi connectivity index (χ1) is 10.6. The van der Waals surface area contributed by atoms with Gasteiger partial charge < -0.3 is 10.1 Å². The average molecular weight is 317 g/mol. The van der Waals surface area contributed by atoms with Gasteiger partial charge in [-0.1, -0.05) is 42.8 Å². The van der Waals surface area contributed by atoms with Gasteiger partial charge in [-0.05, 0) is 48.7 Å². The van der Waals surface area contributed by atoms with Crippen LogP contribution in [0.15, 0.2) is 48.5 Å². The Hall–Kier alpha value is -2.00. The minimum Gasteiger partial charge on any atom is -0.410 e. The average Bonchev–Trinajstić information content (AvgIpc) is 2.52. The number of benzene rings is 2. The molecule has 0 spiro atoms. The number of hydrogen-bond donors (Lipinski definition) is 1. The summed E-state index contributed by atoms with van der Waals surface area (Å²) in [5.41, 5.74) is 2.25. The first-order valence-electron chi connectivity index (χ1n) is 7.32. The van der Waals surface area contributed by atoms with Crippen molar-refractivity contribution in [1.82, 2.24) is 5.32 Å². The SMILES string of the molecule is CCNC(=O)Oc1ccc([C](CC)c2ccc(Cl)cc2)cc1.